The molecule has 1 unspecified atom stereocenters. The van der Waals surface area contributed by atoms with Gasteiger partial charge in [-0.05, 0) is 52.0 Å². The van der Waals surface area contributed by atoms with E-state index in [9.17, 15) is 14.7 Å². The Bertz CT molecular complexity index is 923. The fourth-order valence-electron chi connectivity index (χ4n) is 4.15. The summed E-state index contributed by atoms with van der Waals surface area (Å²) in [5.41, 5.74) is 0.00691. The van der Waals surface area contributed by atoms with Gasteiger partial charge in [0.1, 0.15) is 0 Å². The molecule has 3 rings (SSSR count). The molecule has 0 radical (unpaired) electrons. The van der Waals surface area contributed by atoms with Gasteiger partial charge in [0, 0.05) is 26.2 Å². The van der Waals surface area contributed by atoms with E-state index >= 15 is 0 Å². The van der Waals surface area contributed by atoms with Crippen LogP contribution in [-0.4, -0.2) is 49.4 Å². The molecule has 1 saturated carbocycles. The van der Waals surface area contributed by atoms with Gasteiger partial charge in [0.2, 0.25) is 5.95 Å². The van der Waals surface area contributed by atoms with Crippen molar-refractivity contribution in [3.05, 3.63) is 20.8 Å². The first kappa shape index (κ1) is 22.6. The lowest BCUT2D eigenvalue weighted by atomic mass is 9.95. The predicted octanol–water partition coefficient (Wildman–Crippen LogP) is 1.70. The summed E-state index contributed by atoms with van der Waals surface area (Å²) in [5, 5.41) is 16.2. The number of fused-ring (bicyclic) bond motifs is 1. The molecule has 0 saturated heterocycles. The first-order valence-electron chi connectivity index (χ1n) is 11.3. The van der Waals surface area contributed by atoms with Gasteiger partial charge >= 0.3 is 5.69 Å². The molecule has 0 aliphatic heterocycles. The zero-order valence-corrected chi connectivity index (χ0v) is 18.2. The number of aromatic nitrogens is 4. The Morgan fingerprint density at radius 1 is 1.17 bits per heavy atom. The number of unbranched alkanes of at least 4 members (excludes halogenated alkanes) is 1. The summed E-state index contributed by atoms with van der Waals surface area (Å²) < 4.78 is 2.66. The lowest BCUT2D eigenvalue weighted by molar-refractivity contribution is 0.180. The highest BCUT2D eigenvalue weighted by atomic mass is 16.3. The minimum Gasteiger partial charge on any atom is -0.393 e. The lowest BCUT2D eigenvalue weighted by Crippen LogP contribution is -2.39. The van der Waals surface area contributed by atoms with Crippen LogP contribution in [-0.2, 0) is 13.6 Å². The molecule has 0 spiro atoms. The number of aliphatic hydroxyl groups is 1. The van der Waals surface area contributed by atoms with Gasteiger partial charge in [-0.25, -0.2) is 4.79 Å². The van der Waals surface area contributed by atoms with Crippen LogP contribution in [0, 0.1) is 0 Å². The minimum atomic E-state index is -0.369. The number of rotatable bonds is 11. The van der Waals surface area contributed by atoms with Crippen LogP contribution in [0.5, 0.6) is 0 Å². The standard InChI is InChI=1S/C21H36N6O3/c1-15(28)9-6-7-14-27-19(29)17-18(26(2)21(27)30)25-20(24-17)23-13-8-12-22-16-10-4-3-5-11-16/h15-16,22,28H,3-14H2,1-2H3,(H2,23,24,25). The highest BCUT2D eigenvalue weighted by molar-refractivity contribution is 5.72. The van der Waals surface area contributed by atoms with Crippen molar-refractivity contribution in [1.29, 1.82) is 0 Å². The molecule has 0 aromatic carbocycles. The van der Waals surface area contributed by atoms with Crippen molar-refractivity contribution in [2.45, 2.75) is 83.4 Å². The van der Waals surface area contributed by atoms with E-state index in [1.165, 1.54) is 41.2 Å². The number of hydrogen-bond donors (Lipinski definition) is 4. The SMILES string of the molecule is CC(O)CCCCn1c(=O)c2[nH]c(NCCCNC3CCCCC3)nc2n(C)c1=O. The van der Waals surface area contributed by atoms with E-state index in [0.717, 1.165) is 25.9 Å². The third kappa shape index (κ3) is 5.72. The Morgan fingerprint density at radius 3 is 2.67 bits per heavy atom. The van der Waals surface area contributed by atoms with Gasteiger partial charge in [0.25, 0.3) is 5.56 Å². The number of aromatic amines is 1. The Kier molecular flexibility index (Phi) is 8.09. The largest absolute Gasteiger partial charge is 0.393 e. The van der Waals surface area contributed by atoms with Crippen molar-refractivity contribution in [3.8, 4) is 0 Å². The molecule has 1 aliphatic carbocycles. The van der Waals surface area contributed by atoms with Crippen LogP contribution in [0.4, 0.5) is 5.95 Å². The van der Waals surface area contributed by atoms with Crippen LogP contribution in [0.3, 0.4) is 0 Å². The Labute approximate surface area is 176 Å². The maximum Gasteiger partial charge on any atom is 0.332 e. The fraction of sp³-hybridized carbons (Fsp3) is 0.762. The first-order valence-corrected chi connectivity index (χ1v) is 11.3. The summed E-state index contributed by atoms with van der Waals surface area (Å²) in [6, 6.07) is 0.651. The van der Waals surface area contributed by atoms with Crippen LogP contribution in [0.25, 0.3) is 11.2 Å². The Balaban J connectivity index is 1.58. The zero-order valence-electron chi connectivity index (χ0n) is 18.2. The Hall–Kier alpha value is -2.13. The van der Waals surface area contributed by atoms with Crippen molar-refractivity contribution >= 4 is 17.1 Å². The number of hydrogen-bond acceptors (Lipinski definition) is 6. The highest BCUT2D eigenvalue weighted by Crippen LogP contribution is 2.17. The molecule has 0 bridgehead atoms. The number of aliphatic hydroxyl groups excluding tert-OH is 1. The number of nitrogens with one attached hydrogen (secondary N) is 3. The predicted molar refractivity (Wildman–Crippen MR) is 119 cm³/mol. The number of anilines is 1. The fourth-order valence-corrected chi connectivity index (χ4v) is 4.15. The zero-order chi connectivity index (χ0) is 21.5. The number of H-pyrrole nitrogens is 1. The summed E-state index contributed by atoms with van der Waals surface area (Å²) in [6.45, 7) is 3.77. The minimum absolute atomic E-state index is 0.336. The van der Waals surface area contributed by atoms with E-state index in [-0.39, 0.29) is 17.4 Å². The number of nitrogens with zero attached hydrogens (tertiary/aromatic N) is 3. The highest BCUT2D eigenvalue weighted by Gasteiger charge is 2.15. The summed E-state index contributed by atoms with van der Waals surface area (Å²) in [6.07, 6.45) is 9.23. The van der Waals surface area contributed by atoms with Gasteiger partial charge in [-0.15, -0.1) is 0 Å². The number of aryl methyl sites for hydroxylation is 1. The molecule has 9 heteroatoms. The van der Waals surface area contributed by atoms with Crippen LogP contribution >= 0.6 is 0 Å². The quantitative estimate of drug-likeness (QED) is 0.411. The van der Waals surface area contributed by atoms with Crippen molar-refractivity contribution in [3.63, 3.8) is 0 Å². The Morgan fingerprint density at radius 2 is 1.93 bits per heavy atom. The summed E-state index contributed by atoms with van der Waals surface area (Å²) >= 11 is 0. The summed E-state index contributed by atoms with van der Waals surface area (Å²) in [4.78, 5) is 32.8. The van der Waals surface area contributed by atoms with E-state index in [0.29, 0.717) is 42.5 Å². The van der Waals surface area contributed by atoms with E-state index in [2.05, 4.69) is 20.6 Å². The monoisotopic (exact) mass is 420 g/mol. The van der Waals surface area contributed by atoms with E-state index in [1.54, 1.807) is 14.0 Å². The molecule has 9 nitrogen and oxygen atoms in total. The molecule has 168 valence electrons. The first-order chi connectivity index (χ1) is 14.5. The maximum atomic E-state index is 12.8. The lowest BCUT2D eigenvalue weighted by Gasteiger charge is -2.22. The molecule has 1 aliphatic rings. The normalized spacial score (nSPS) is 16.2. The molecule has 1 fully saturated rings. The second kappa shape index (κ2) is 10.8. The van der Waals surface area contributed by atoms with Gasteiger partial charge in [-0.3, -0.25) is 13.9 Å². The topological polar surface area (TPSA) is 117 Å². The van der Waals surface area contributed by atoms with Gasteiger partial charge in [-0.2, -0.15) is 4.98 Å². The van der Waals surface area contributed by atoms with Crippen molar-refractivity contribution in [2.24, 2.45) is 7.05 Å². The average molecular weight is 421 g/mol. The average Bonchev–Trinajstić information content (AvgIpc) is 3.16. The second-order valence-electron chi connectivity index (χ2n) is 8.50. The van der Waals surface area contributed by atoms with Gasteiger partial charge in [0.05, 0.1) is 6.10 Å². The summed E-state index contributed by atoms with van der Waals surface area (Å²) in [5.74, 6) is 0.515. The maximum absolute atomic E-state index is 12.8. The van der Waals surface area contributed by atoms with Crippen molar-refractivity contribution in [1.82, 2.24) is 24.4 Å². The van der Waals surface area contributed by atoms with Crippen LogP contribution in [0.15, 0.2) is 9.59 Å². The van der Waals surface area contributed by atoms with E-state index < -0.39 is 0 Å². The molecular formula is C21H36N6O3. The molecular weight excluding hydrogens is 384 g/mol. The van der Waals surface area contributed by atoms with Crippen LogP contribution in [0.1, 0.15) is 64.7 Å². The van der Waals surface area contributed by atoms with Crippen molar-refractivity contribution in [2.75, 3.05) is 18.4 Å². The van der Waals surface area contributed by atoms with Crippen LogP contribution < -0.4 is 21.9 Å². The van der Waals surface area contributed by atoms with Crippen LogP contribution in [0.2, 0.25) is 0 Å². The van der Waals surface area contributed by atoms with Crippen molar-refractivity contribution < 1.29 is 5.11 Å². The van der Waals surface area contributed by atoms with Gasteiger partial charge < -0.3 is 20.7 Å². The van der Waals surface area contributed by atoms with E-state index in [4.69, 9.17) is 0 Å². The third-order valence-electron chi connectivity index (χ3n) is 5.92. The molecule has 2 aromatic rings. The van der Waals surface area contributed by atoms with Gasteiger partial charge in [0.15, 0.2) is 11.2 Å². The smallest absolute Gasteiger partial charge is 0.332 e. The van der Waals surface area contributed by atoms with E-state index in [1.807, 2.05) is 0 Å². The van der Waals surface area contributed by atoms with Gasteiger partial charge in [-0.1, -0.05) is 19.3 Å². The molecule has 30 heavy (non-hydrogen) atoms. The molecule has 4 N–H and O–H groups in total. The molecule has 2 aromatic heterocycles. The molecule has 2 heterocycles. The number of imidazole rings is 1. The molecule has 1 atom stereocenters. The molecule has 0 amide bonds. The third-order valence-corrected chi connectivity index (χ3v) is 5.92. The second-order valence-corrected chi connectivity index (χ2v) is 8.50. The summed E-state index contributed by atoms with van der Waals surface area (Å²) in [7, 11) is 1.63.